The lowest BCUT2D eigenvalue weighted by molar-refractivity contribution is -0.193. The van der Waals surface area contributed by atoms with Crippen molar-refractivity contribution in [3.05, 3.63) is 89.2 Å². The van der Waals surface area contributed by atoms with Gasteiger partial charge in [0.15, 0.2) is 5.60 Å². The number of aliphatic hydroxyl groups is 1. The zero-order valence-electron chi connectivity index (χ0n) is 15.0. The number of hydrogen-bond acceptors (Lipinski definition) is 3. The van der Waals surface area contributed by atoms with Crippen molar-refractivity contribution in [3.63, 3.8) is 0 Å². The minimum atomic E-state index is -4.02. The molecule has 0 saturated heterocycles. The number of hydrogen-bond donors (Lipinski definition) is 2. The summed E-state index contributed by atoms with van der Waals surface area (Å²) >= 11 is 0. The molecule has 3 aromatic rings. The Balaban J connectivity index is 2.01. The van der Waals surface area contributed by atoms with Gasteiger partial charge in [-0.15, -0.1) is 0 Å². The Bertz CT molecular complexity index is 975. The van der Waals surface area contributed by atoms with Gasteiger partial charge in [0.05, 0.1) is 0 Å². The zero-order valence-corrected chi connectivity index (χ0v) is 15.0. The molecule has 0 aliphatic carbocycles. The molecule has 1 atom stereocenters. The first-order valence-electron chi connectivity index (χ1n) is 8.48. The van der Waals surface area contributed by atoms with Crippen LogP contribution in [0.4, 0.5) is 17.6 Å². The van der Waals surface area contributed by atoms with Gasteiger partial charge in [-0.05, 0) is 24.6 Å². The van der Waals surface area contributed by atoms with E-state index in [0.29, 0.717) is 11.6 Å². The molecule has 146 valence electrons. The van der Waals surface area contributed by atoms with Crippen molar-refractivity contribution in [2.24, 2.45) is 5.73 Å². The number of pyridine rings is 1. The first-order valence-corrected chi connectivity index (χ1v) is 8.48. The van der Waals surface area contributed by atoms with Gasteiger partial charge in [-0.1, -0.05) is 42.0 Å². The van der Waals surface area contributed by atoms with Crippen molar-refractivity contribution in [1.82, 2.24) is 4.98 Å². The van der Waals surface area contributed by atoms with Crippen molar-refractivity contribution in [2.75, 3.05) is 6.54 Å². The van der Waals surface area contributed by atoms with Gasteiger partial charge in [-0.3, -0.25) is 4.98 Å². The van der Waals surface area contributed by atoms with E-state index in [4.69, 9.17) is 5.73 Å². The normalized spacial score (nSPS) is 14.0. The molecule has 0 aliphatic heterocycles. The standard InChI is InChI=1S/C21H18F4N2O/c1-13-2-4-14(5-3-13)15-6-9-19(27-11-15)21(24,25)20(28,12-26)17-8-7-16(22)10-18(17)23/h2-11,28H,12,26H2,1H3/t20-/m1/s1. The maximum absolute atomic E-state index is 15.1. The average molecular weight is 390 g/mol. The largest absolute Gasteiger partial charge is 0.377 e. The molecule has 3 nitrogen and oxygen atoms in total. The van der Waals surface area contributed by atoms with E-state index in [1.165, 1.54) is 12.3 Å². The number of rotatable bonds is 5. The molecular weight excluding hydrogens is 372 g/mol. The maximum atomic E-state index is 15.1. The summed E-state index contributed by atoms with van der Waals surface area (Å²) in [4.78, 5) is 3.77. The number of nitrogens with two attached hydrogens (primary N) is 1. The van der Waals surface area contributed by atoms with Gasteiger partial charge in [0, 0.05) is 29.9 Å². The molecule has 7 heteroatoms. The third kappa shape index (κ3) is 3.39. The average Bonchev–Trinajstić information content (AvgIpc) is 2.68. The summed E-state index contributed by atoms with van der Waals surface area (Å²) in [5.74, 6) is -6.29. The van der Waals surface area contributed by atoms with Crippen LogP contribution in [0.1, 0.15) is 16.8 Å². The Morgan fingerprint density at radius 1 is 0.964 bits per heavy atom. The van der Waals surface area contributed by atoms with Gasteiger partial charge < -0.3 is 10.8 Å². The smallest absolute Gasteiger partial charge is 0.323 e. The van der Waals surface area contributed by atoms with Gasteiger partial charge >= 0.3 is 5.92 Å². The molecule has 0 bridgehead atoms. The van der Waals surface area contributed by atoms with Crippen LogP contribution in [0.25, 0.3) is 11.1 Å². The second-order valence-electron chi connectivity index (χ2n) is 6.56. The fraction of sp³-hybridized carbons (Fsp3) is 0.190. The van der Waals surface area contributed by atoms with Crippen LogP contribution in [0.5, 0.6) is 0 Å². The van der Waals surface area contributed by atoms with Crippen LogP contribution >= 0.6 is 0 Å². The van der Waals surface area contributed by atoms with Crippen LogP contribution in [-0.2, 0) is 11.5 Å². The molecule has 0 aliphatic rings. The van der Waals surface area contributed by atoms with Crippen LogP contribution in [0.15, 0.2) is 60.8 Å². The highest BCUT2D eigenvalue weighted by Crippen LogP contribution is 2.45. The highest BCUT2D eigenvalue weighted by atomic mass is 19.3. The number of alkyl halides is 2. The molecule has 3 rings (SSSR count). The van der Waals surface area contributed by atoms with Crippen LogP contribution in [-0.4, -0.2) is 16.6 Å². The Morgan fingerprint density at radius 2 is 1.61 bits per heavy atom. The SMILES string of the molecule is Cc1ccc(-c2ccc(C(F)(F)[C@@](O)(CN)c3ccc(F)cc3F)nc2)cc1. The summed E-state index contributed by atoms with van der Waals surface area (Å²) in [6, 6.07) is 11.8. The monoisotopic (exact) mass is 390 g/mol. The number of aryl methyl sites for hydroxylation is 1. The molecule has 2 aromatic carbocycles. The second-order valence-corrected chi connectivity index (χ2v) is 6.56. The fourth-order valence-electron chi connectivity index (χ4n) is 2.94. The van der Waals surface area contributed by atoms with Gasteiger partial charge in [-0.2, -0.15) is 8.78 Å². The van der Waals surface area contributed by atoms with E-state index in [1.807, 2.05) is 31.2 Å². The van der Waals surface area contributed by atoms with E-state index in [9.17, 15) is 13.9 Å². The van der Waals surface area contributed by atoms with Gasteiger partial charge in [0.25, 0.3) is 0 Å². The molecule has 0 unspecified atom stereocenters. The van der Waals surface area contributed by atoms with Crippen molar-refractivity contribution in [1.29, 1.82) is 0 Å². The second kappa shape index (κ2) is 7.33. The Hall–Kier alpha value is -2.77. The Morgan fingerprint density at radius 3 is 2.14 bits per heavy atom. The van der Waals surface area contributed by atoms with Crippen molar-refractivity contribution >= 4 is 0 Å². The lowest BCUT2D eigenvalue weighted by atomic mass is 9.84. The lowest BCUT2D eigenvalue weighted by Crippen LogP contribution is -2.50. The van der Waals surface area contributed by atoms with E-state index >= 15 is 8.78 Å². The third-order valence-corrected chi connectivity index (χ3v) is 4.66. The predicted molar refractivity (Wildman–Crippen MR) is 97.6 cm³/mol. The number of aromatic nitrogens is 1. The van der Waals surface area contributed by atoms with Gasteiger partial charge in [0.1, 0.15) is 17.3 Å². The van der Waals surface area contributed by atoms with E-state index in [-0.39, 0.29) is 0 Å². The quantitative estimate of drug-likeness (QED) is 0.640. The summed E-state index contributed by atoms with van der Waals surface area (Å²) in [6.45, 7) is 0.928. The number of benzene rings is 2. The highest BCUT2D eigenvalue weighted by Gasteiger charge is 2.56. The summed E-state index contributed by atoms with van der Waals surface area (Å²) in [7, 11) is 0. The molecule has 1 aromatic heterocycles. The molecule has 0 radical (unpaired) electrons. The maximum Gasteiger partial charge on any atom is 0.323 e. The number of nitrogens with zero attached hydrogens (tertiary/aromatic N) is 1. The highest BCUT2D eigenvalue weighted by molar-refractivity contribution is 5.62. The molecule has 1 heterocycles. The van der Waals surface area contributed by atoms with E-state index in [0.717, 1.165) is 29.3 Å². The van der Waals surface area contributed by atoms with E-state index < -0.39 is 41.0 Å². The third-order valence-electron chi connectivity index (χ3n) is 4.66. The molecule has 0 amide bonds. The first-order chi connectivity index (χ1) is 13.2. The van der Waals surface area contributed by atoms with Crippen molar-refractivity contribution < 1.29 is 22.7 Å². The molecule has 0 spiro atoms. The topological polar surface area (TPSA) is 59.1 Å². The molecule has 0 fully saturated rings. The predicted octanol–water partition coefficient (Wildman–Crippen LogP) is 4.27. The van der Waals surface area contributed by atoms with E-state index in [1.54, 1.807) is 0 Å². The van der Waals surface area contributed by atoms with Crippen LogP contribution in [0.2, 0.25) is 0 Å². The zero-order chi connectivity index (χ0) is 20.5. The van der Waals surface area contributed by atoms with E-state index in [2.05, 4.69) is 4.98 Å². The van der Waals surface area contributed by atoms with Crippen LogP contribution < -0.4 is 5.73 Å². The van der Waals surface area contributed by atoms with Crippen molar-refractivity contribution in [2.45, 2.75) is 18.4 Å². The van der Waals surface area contributed by atoms with Crippen molar-refractivity contribution in [3.8, 4) is 11.1 Å². The fourth-order valence-corrected chi connectivity index (χ4v) is 2.94. The minimum Gasteiger partial charge on any atom is -0.377 e. The Labute approximate surface area is 159 Å². The van der Waals surface area contributed by atoms with Gasteiger partial charge in [0.2, 0.25) is 0 Å². The molecule has 3 N–H and O–H groups in total. The van der Waals surface area contributed by atoms with Gasteiger partial charge in [-0.25, -0.2) is 8.78 Å². The summed E-state index contributed by atoms with van der Waals surface area (Å²) in [6.07, 6.45) is 1.24. The lowest BCUT2D eigenvalue weighted by Gasteiger charge is -2.35. The Kier molecular flexibility index (Phi) is 5.23. The van der Waals surface area contributed by atoms with Crippen LogP contribution in [0.3, 0.4) is 0 Å². The summed E-state index contributed by atoms with van der Waals surface area (Å²) in [5.41, 5.74) is 3.15. The molecule has 0 saturated carbocycles. The number of halogens is 4. The summed E-state index contributed by atoms with van der Waals surface area (Å²) in [5, 5.41) is 10.6. The minimum absolute atomic E-state index is 0.417. The first kappa shape index (κ1) is 20.0. The molecular formula is C21H18F4N2O. The molecule has 28 heavy (non-hydrogen) atoms. The summed E-state index contributed by atoms with van der Waals surface area (Å²) < 4.78 is 57.4. The van der Waals surface area contributed by atoms with Crippen LogP contribution in [0, 0.1) is 18.6 Å².